The number of rotatable bonds is 4. The summed E-state index contributed by atoms with van der Waals surface area (Å²) < 4.78 is 37.9. The van der Waals surface area contributed by atoms with Gasteiger partial charge in [-0.15, -0.1) is 0 Å². The number of benzene rings is 3. The second-order valence-electron chi connectivity index (χ2n) is 5.33. The molecule has 3 aromatic carbocycles. The zero-order valence-electron chi connectivity index (χ0n) is 12.6. The van der Waals surface area contributed by atoms with Gasteiger partial charge in [-0.1, -0.05) is 36.4 Å². The molecule has 122 valence electrons. The van der Waals surface area contributed by atoms with Gasteiger partial charge in [-0.25, -0.2) is 12.8 Å². The molecule has 3 aromatic rings. The number of anilines is 1. The summed E-state index contributed by atoms with van der Waals surface area (Å²) in [5.74, 6) is -1.93. The Labute approximate surface area is 138 Å². The Kier molecular flexibility index (Phi) is 4.31. The highest BCUT2D eigenvalue weighted by Gasteiger charge is 2.20. The normalized spacial score (nSPS) is 11.4. The van der Waals surface area contributed by atoms with Crippen molar-refractivity contribution in [3.05, 3.63) is 72.5 Å². The van der Waals surface area contributed by atoms with Crippen LogP contribution in [0.2, 0.25) is 0 Å². The lowest BCUT2D eigenvalue weighted by molar-refractivity contribution is -0.113. The number of fused-ring (bicyclic) bond motifs is 1. The molecule has 0 fully saturated rings. The maximum atomic E-state index is 13.1. The van der Waals surface area contributed by atoms with Crippen LogP contribution in [0.3, 0.4) is 0 Å². The largest absolute Gasteiger partial charge is 0.325 e. The van der Waals surface area contributed by atoms with E-state index in [0.29, 0.717) is 0 Å². The quantitative estimate of drug-likeness (QED) is 0.790. The SMILES string of the molecule is O=C(CS(=O)(=O)c1ccc2ccccc2c1)Nc1cccc(F)c1. The van der Waals surface area contributed by atoms with Gasteiger partial charge in [0.15, 0.2) is 9.84 Å². The van der Waals surface area contributed by atoms with Gasteiger partial charge in [0.2, 0.25) is 5.91 Å². The van der Waals surface area contributed by atoms with Crippen molar-refractivity contribution >= 4 is 32.2 Å². The van der Waals surface area contributed by atoms with Gasteiger partial charge in [0.05, 0.1) is 4.90 Å². The molecule has 1 amide bonds. The number of carbonyl (C=O) groups excluding carboxylic acids is 1. The number of sulfone groups is 1. The van der Waals surface area contributed by atoms with Crippen LogP contribution in [-0.2, 0) is 14.6 Å². The average Bonchev–Trinajstić information content (AvgIpc) is 2.53. The Morgan fingerprint density at radius 3 is 2.42 bits per heavy atom. The van der Waals surface area contributed by atoms with E-state index in [2.05, 4.69) is 5.32 Å². The Bertz CT molecular complexity index is 1020. The molecule has 0 bridgehead atoms. The van der Waals surface area contributed by atoms with E-state index < -0.39 is 27.3 Å². The van der Waals surface area contributed by atoms with Gasteiger partial charge in [-0.05, 0) is 41.1 Å². The molecule has 1 N–H and O–H groups in total. The molecular formula is C18H14FNO3S. The number of hydrogen-bond acceptors (Lipinski definition) is 3. The highest BCUT2D eigenvalue weighted by atomic mass is 32.2. The molecule has 0 aliphatic heterocycles. The zero-order chi connectivity index (χ0) is 17.2. The third kappa shape index (κ3) is 3.60. The molecular weight excluding hydrogens is 329 g/mol. The lowest BCUT2D eigenvalue weighted by Gasteiger charge is -2.07. The summed E-state index contributed by atoms with van der Waals surface area (Å²) in [4.78, 5) is 12.0. The van der Waals surface area contributed by atoms with E-state index in [4.69, 9.17) is 0 Å². The fourth-order valence-corrected chi connectivity index (χ4v) is 3.55. The Morgan fingerprint density at radius 2 is 1.67 bits per heavy atom. The molecule has 24 heavy (non-hydrogen) atoms. The van der Waals surface area contributed by atoms with E-state index in [0.717, 1.165) is 16.8 Å². The number of carbonyl (C=O) groups is 1. The van der Waals surface area contributed by atoms with Crippen LogP contribution in [0.4, 0.5) is 10.1 Å². The third-order valence-corrected chi connectivity index (χ3v) is 5.12. The average molecular weight is 343 g/mol. The van der Waals surface area contributed by atoms with E-state index >= 15 is 0 Å². The predicted octanol–water partition coefficient (Wildman–Crippen LogP) is 3.39. The van der Waals surface area contributed by atoms with Crippen LogP contribution >= 0.6 is 0 Å². The highest BCUT2D eigenvalue weighted by Crippen LogP contribution is 2.20. The fraction of sp³-hybridized carbons (Fsp3) is 0.0556. The van der Waals surface area contributed by atoms with Gasteiger partial charge in [0.1, 0.15) is 11.6 Å². The lowest BCUT2D eigenvalue weighted by Crippen LogP contribution is -2.23. The van der Waals surface area contributed by atoms with E-state index in [1.165, 1.54) is 24.3 Å². The van der Waals surface area contributed by atoms with Crippen molar-refractivity contribution in [2.45, 2.75) is 4.90 Å². The van der Waals surface area contributed by atoms with E-state index in [-0.39, 0.29) is 10.6 Å². The predicted molar refractivity (Wildman–Crippen MR) is 91.0 cm³/mol. The Hall–Kier alpha value is -2.73. The lowest BCUT2D eigenvalue weighted by atomic mass is 10.1. The van der Waals surface area contributed by atoms with Crippen LogP contribution in [0.25, 0.3) is 10.8 Å². The molecule has 0 aromatic heterocycles. The van der Waals surface area contributed by atoms with Gasteiger partial charge in [-0.3, -0.25) is 4.79 Å². The second kappa shape index (κ2) is 6.41. The first-order valence-electron chi connectivity index (χ1n) is 7.21. The molecule has 0 aliphatic rings. The van der Waals surface area contributed by atoms with Crippen LogP contribution in [0.15, 0.2) is 71.6 Å². The molecule has 0 atom stereocenters. The molecule has 4 nitrogen and oxygen atoms in total. The first kappa shape index (κ1) is 16.1. The maximum absolute atomic E-state index is 13.1. The van der Waals surface area contributed by atoms with Crippen molar-refractivity contribution in [2.24, 2.45) is 0 Å². The molecule has 0 spiro atoms. The molecule has 0 aliphatic carbocycles. The molecule has 0 saturated carbocycles. The fourth-order valence-electron chi connectivity index (χ4n) is 2.38. The van der Waals surface area contributed by atoms with Crippen molar-refractivity contribution in [3.8, 4) is 0 Å². The Morgan fingerprint density at radius 1 is 0.917 bits per heavy atom. The maximum Gasteiger partial charge on any atom is 0.239 e. The van der Waals surface area contributed by atoms with Crippen molar-refractivity contribution in [2.75, 3.05) is 11.1 Å². The summed E-state index contributed by atoms with van der Waals surface area (Å²) in [7, 11) is -3.79. The van der Waals surface area contributed by atoms with Crippen molar-refractivity contribution in [1.29, 1.82) is 0 Å². The molecule has 0 saturated heterocycles. The summed E-state index contributed by atoms with van der Waals surface area (Å²) >= 11 is 0. The second-order valence-corrected chi connectivity index (χ2v) is 7.32. The van der Waals surface area contributed by atoms with Gasteiger partial charge in [0, 0.05) is 5.69 Å². The van der Waals surface area contributed by atoms with Crippen LogP contribution in [0, 0.1) is 5.82 Å². The molecule has 6 heteroatoms. The minimum absolute atomic E-state index is 0.0793. The molecule has 0 heterocycles. The summed E-state index contributed by atoms with van der Waals surface area (Å²) in [6.45, 7) is 0. The van der Waals surface area contributed by atoms with E-state index in [1.807, 2.05) is 18.2 Å². The smallest absolute Gasteiger partial charge is 0.239 e. The minimum Gasteiger partial charge on any atom is -0.325 e. The van der Waals surface area contributed by atoms with Crippen LogP contribution in [0.5, 0.6) is 0 Å². The molecule has 3 rings (SSSR count). The van der Waals surface area contributed by atoms with E-state index in [9.17, 15) is 17.6 Å². The topological polar surface area (TPSA) is 63.2 Å². The zero-order valence-corrected chi connectivity index (χ0v) is 13.4. The van der Waals surface area contributed by atoms with Gasteiger partial charge in [0.25, 0.3) is 0 Å². The summed E-state index contributed by atoms with van der Waals surface area (Å²) in [6.07, 6.45) is 0. The number of amides is 1. The number of nitrogens with one attached hydrogen (secondary N) is 1. The summed E-state index contributed by atoms with van der Waals surface area (Å²) in [6, 6.07) is 17.4. The highest BCUT2D eigenvalue weighted by molar-refractivity contribution is 7.92. The summed E-state index contributed by atoms with van der Waals surface area (Å²) in [5.41, 5.74) is 0.216. The van der Waals surface area contributed by atoms with Crippen molar-refractivity contribution in [3.63, 3.8) is 0 Å². The van der Waals surface area contributed by atoms with Crippen molar-refractivity contribution < 1.29 is 17.6 Å². The third-order valence-electron chi connectivity index (χ3n) is 3.51. The molecule has 0 radical (unpaired) electrons. The van der Waals surface area contributed by atoms with Crippen molar-refractivity contribution in [1.82, 2.24) is 0 Å². The summed E-state index contributed by atoms with van der Waals surface area (Å²) in [5, 5.41) is 4.09. The first-order chi connectivity index (χ1) is 11.4. The number of halogens is 1. The Balaban J connectivity index is 1.80. The van der Waals surface area contributed by atoms with Crippen LogP contribution in [0.1, 0.15) is 0 Å². The standard InChI is InChI=1S/C18H14FNO3S/c19-15-6-3-7-16(11-15)20-18(21)12-24(22,23)17-9-8-13-4-1-2-5-14(13)10-17/h1-11H,12H2,(H,20,21). The van der Waals surface area contributed by atoms with Gasteiger partial charge in [-0.2, -0.15) is 0 Å². The monoisotopic (exact) mass is 343 g/mol. The number of hydrogen-bond donors (Lipinski definition) is 1. The molecule has 0 unspecified atom stereocenters. The van der Waals surface area contributed by atoms with Gasteiger partial charge >= 0.3 is 0 Å². The van der Waals surface area contributed by atoms with Crippen LogP contribution in [-0.4, -0.2) is 20.1 Å². The first-order valence-corrected chi connectivity index (χ1v) is 8.86. The van der Waals surface area contributed by atoms with Crippen LogP contribution < -0.4 is 5.32 Å². The van der Waals surface area contributed by atoms with E-state index in [1.54, 1.807) is 18.2 Å². The minimum atomic E-state index is -3.79. The van der Waals surface area contributed by atoms with Gasteiger partial charge < -0.3 is 5.32 Å².